The zero-order valence-corrected chi connectivity index (χ0v) is 9.92. The molecule has 0 bridgehead atoms. The van der Waals surface area contributed by atoms with Crippen LogP contribution in [-0.4, -0.2) is 22.5 Å². The van der Waals surface area contributed by atoms with E-state index in [9.17, 15) is 13.4 Å². The fraction of sp³-hybridized carbons (Fsp3) is 0.364. The van der Waals surface area contributed by atoms with Crippen LogP contribution in [0.1, 0.15) is 13.3 Å². The molecule has 0 saturated heterocycles. The lowest BCUT2D eigenvalue weighted by atomic mass is 10.3. The second-order valence-corrected chi connectivity index (χ2v) is 5.21. The van der Waals surface area contributed by atoms with Crippen LogP contribution in [0.4, 0.5) is 4.39 Å². The van der Waals surface area contributed by atoms with Gasteiger partial charge in [0.05, 0.1) is 24.3 Å². The third-order valence-corrected chi connectivity index (χ3v) is 3.73. The molecule has 0 saturated carbocycles. The van der Waals surface area contributed by atoms with Gasteiger partial charge in [0.1, 0.15) is 5.82 Å². The van der Waals surface area contributed by atoms with Gasteiger partial charge in [-0.05, 0) is 31.2 Å². The summed E-state index contributed by atoms with van der Waals surface area (Å²) in [6, 6.07) is 5.41. The lowest BCUT2D eigenvalue weighted by Crippen LogP contribution is -2.17. The highest BCUT2D eigenvalue weighted by molar-refractivity contribution is 7.85. The average molecular weight is 244 g/mol. The van der Waals surface area contributed by atoms with Gasteiger partial charge in [-0.15, -0.1) is 0 Å². The molecule has 2 unspecified atom stereocenters. The van der Waals surface area contributed by atoms with Crippen molar-refractivity contribution in [3.63, 3.8) is 0 Å². The summed E-state index contributed by atoms with van der Waals surface area (Å²) in [6.45, 7) is 1.69. The molecule has 16 heavy (non-hydrogen) atoms. The summed E-state index contributed by atoms with van der Waals surface area (Å²) in [5.74, 6) is -0.774. The lowest BCUT2D eigenvalue weighted by molar-refractivity contribution is -0.140. The van der Waals surface area contributed by atoms with Gasteiger partial charge in [-0.2, -0.15) is 0 Å². The Hall–Kier alpha value is -1.23. The number of hydrogen-bond donors (Lipinski definition) is 0. The normalized spacial score (nSPS) is 14.2. The first-order valence-corrected chi connectivity index (χ1v) is 5.99. The predicted molar refractivity (Wildman–Crippen MR) is 58.9 cm³/mol. The van der Waals surface area contributed by atoms with Crippen LogP contribution in [0.25, 0.3) is 0 Å². The van der Waals surface area contributed by atoms with E-state index in [1.165, 1.54) is 31.4 Å². The standard InChI is InChI=1S/C11H13FO3S/c1-8(7-11(13)15-2)16(14)10-5-3-9(12)4-6-10/h3-6,8H,7H2,1-2H3. The molecule has 0 aromatic heterocycles. The molecule has 0 aliphatic heterocycles. The maximum Gasteiger partial charge on any atom is 0.306 e. The zero-order valence-electron chi connectivity index (χ0n) is 9.10. The van der Waals surface area contributed by atoms with Crippen LogP contribution in [0.3, 0.4) is 0 Å². The molecule has 0 N–H and O–H groups in total. The molecule has 0 aliphatic rings. The van der Waals surface area contributed by atoms with Crippen LogP contribution in [0.5, 0.6) is 0 Å². The first-order valence-electron chi connectivity index (χ1n) is 4.77. The topological polar surface area (TPSA) is 43.4 Å². The minimum atomic E-state index is -1.33. The van der Waals surface area contributed by atoms with Gasteiger partial charge in [0.25, 0.3) is 0 Å². The Morgan fingerprint density at radius 1 is 1.44 bits per heavy atom. The van der Waals surface area contributed by atoms with Crippen LogP contribution in [0.15, 0.2) is 29.2 Å². The van der Waals surface area contributed by atoms with E-state index in [-0.39, 0.29) is 17.5 Å². The number of hydrogen-bond acceptors (Lipinski definition) is 3. The van der Waals surface area contributed by atoms with E-state index in [0.717, 1.165) is 0 Å². The second kappa shape index (κ2) is 5.75. The molecule has 0 heterocycles. The summed E-state index contributed by atoms with van der Waals surface area (Å²) in [5.41, 5.74) is 0. The molecular formula is C11H13FO3S. The number of carbonyl (C=O) groups is 1. The van der Waals surface area contributed by atoms with Crippen molar-refractivity contribution in [1.82, 2.24) is 0 Å². The Labute approximate surface area is 96.1 Å². The van der Waals surface area contributed by atoms with Gasteiger partial charge < -0.3 is 4.74 Å². The summed E-state index contributed by atoms with van der Waals surface area (Å²) in [5, 5.41) is -0.349. The summed E-state index contributed by atoms with van der Waals surface area (Å²) >= 11 is 0. The van der Waals surface area contributed by atoms with E-state index in [1.807, 2.05) is 0 Å². The number of ether oxygens (including phenoxy) is 1. The third-order valence-electron chi connectivity index (χ3n) is 2.09. The van der Waals surface area contributed by atoms with Crippen LogP contribution in [-0.2, 0) is 20.3 Å². The van der Waals surface area contributed by atoms with Crippen molar-refractivity contribution in [3.05, 3.63) is 30.1 Å². The Bertz CT molecular complexity index is 389. The smallest absolute Gasteiger partial charge is 0.306 e. The fourth-order valence-corrected chi connectivity index (χ4v) is 2.35. The molecule has 0 radical (unpaired) electrons. The van der Waals surface area contributed by atoms with Crippen LogP contribution in [0.2, 0.25) is 0 Å². The highest BCUT2D eigenvalue weighted by atomic mass is 32.2. The van der Waals surface area contributed by atoms with E-state index >= 15 is 0 Å². The Morgan fingerprint density at radius 2 is 2.00 bits per heavy atom. The molecule has 5 heteroatoms. The van der Waals surface area contributed by atoms with Gasteiger partial charge in [0.2, 0.25) is 0 Å². The lowest BCUT2D eigenvalue weighted by Gasteiger charge is -2.09. The number of esters is 1. The van der Waals surface area contributed by atoms with Crippen molar-refractivity contribution in [2.75, 3.05) is 7.11 Å². The molecule has 88 valence electrons. The van der Waals surface area contributed by atoms with Crippen molar-refractivity contribution >= 4 is 16.8 Å². The number of rotatable bonds is 4. The first kappa shape index (κ1) is 12.8. The molecule has 1 aromatic rings. The summed E-state index contributed by atoms with van der Waals surface area (Å²) in [7, 11) is -0.0385. The minimum absolute atomic E-state index is 0.0838. The SMILES string of the molecule is COC(=O)CC(C)S(=O)c1ccc(F)cc1. The largest absolute Gasteiger partial charge is 0.469 e. The zero-order chi connectivity index (χ0) is 12.1. The quantitative estimate of drug-likeness (QED) is 0.760. The molecular weight excluding hydrogens is 231 g/mol. The van der Waals surface area contributed by atoms with Crippen LogP contribution < -0.4 is 0 Å². The number of benzene rings is 1. The van der Waals surface area contributed by atoms with E-state index in [2.05, 4.69) is 4.74 Å². The third kappa shape index (κ3) is 3.41. The van der Waals surface area contributed by atoms with Gasteiger partial charge in [0.15, 0.2) is 0 Å². The molecule has 0 aliphatic carbocycles. The van der Waals surface area contributed by atoms with Gasteiger partial charge in [-0.25, -0.2) is 4.39 Å². The molecule has 2 atom stereocenters. The predicted octanol–water partition coefficient (Wildman–Crippen LogP) is 1.88. The van der Waals surface area contributed by atoms with E-state index in [1.54, 1.807) is 6.92 Å². The monoisotopic (exact) mass is 244 g/mol. The van der Waals surface area contributed by atoms with Crippen molar-refractivity contribution in [3.8, 4) is 0 Å². The molecule has 1 aromatic carbocycles. The van der Waals surface area contributed by atoms with E-state index in [4.69, 9.17) is 0 Å². The van der Waals surface area contributed by atoms with Crippen molar-refractivity contribution in [2.24, 2.45) is 0 Å². The van der Waals surface area contributed by atoms with Crippen LogP contribution in [0, 0.1) is 5.82 Å². The van der Waals surface area contributed by atoms with Crippen molar-refractivity contribution in [1.29, 1.82) is 0 Å². The van der Waals surface area contributed by atoms with Crippen molar-refractivity contribution < 1.29 is 18.1 Å². The minimum Gasteiger partial charge on any atom is -0.469 e. The number of carbonyl (C=O) groups excluding carboxylic acids is 1. The first-order chi connectivity index (χ1) is 7.54. The summed E-state index contributed by atoms with van der Waals surface area (Å²) in [6.07, 6.45) is 0.0838. The molecule has 1 rings (SSSR count). The molecule has 3 nitrogen and oxygen atoms in total. The highest BCUT2D eigenvalue weighted by Gasteiger charge is 2.17. The van der Waals surface area contributed by atoms with E-state index < -0.39 is 16.8 Å². The average Bonchev–Trinajstić information content (AvgIpc) is 2.28. The molecule has 0 fully saturated rings. The molecule has 0 spiro atoms. The maximum atomic E-state index is 12.6. The number of halogens is 1. The van der Waals surface area contributed by atoms with E-state index in [0.29, 0.717) is 4.90 Å². The highest BCUT2D eigenvalue weighted by Crippen LogP contribution is 2.14. The van der Waals surface area contributed by atoms with Gasteiger partial charge >= 0.3 is 5.97 Å². The van der Waals surface area contributed by atoms with Crippen LogP contribution >= 0.6 is 0 Å². The Morgan fingerprint density at radius 3 is 2.50 bits per heavy atom. The summed E-state index contributed by atoms with van der Waals surface area (Å²) in [4.78, 5) is 11.5. The number of methoxy groups -OCH3 is 1. The fourth-order valence-electron chi connectivity index (χ4n) is 1.19. The van der Waals surface area contributed by atoms with Gasteiger partial charge in [-0.1, -0.05) is 0 Å². The van der Waals surface area contributed by atoms with Gasteiger partial charge in [-0.3, -0.25) is 9.00 Å². The Balaban J connectivity index is 2.70. The Kier molecular flexibility index (Phi) is 4.61. The van der Waals surface area contributed by atoms with Crippen molar-refractivity contribution in [2.45, 2.75) is 23.5 Å². The molecule has 0 amide bonds. The maximum absolute atomic E-state index is 12.6. The second-order valence-electron chi connectivity index (χ2n) is 3.34. The van der Waals surface area contributed by atoms with Gasteiger partial charge in [0, 0.05) is 10.1 Å². The summed E-state index contributed by atoms with van der Waals surface area (Å²) < 4.78 is 29.0.